The highest BCUT2D eigenvalue weighted by Crippen LogP contribution is 2.20. The lowest BCUT2D eigenvalue weighted by Gasteiger charge is -2.26. The number of benzene rings is 2. The summed E-state index contributed by atoms with van der Waals surface area (Å²) in [6, 6.07) is 17.2. The minimum atomic E-state index is 0. The number of rotatable bonds is 7. The first kappa shape index (κ1) is 25.9. The summed E-state index contributed by atoms with van der Waals surface area (Å²) in [7, 11) is 0. The second-order valence-corrected chi connectivity index (χ2v) is 8.67. The fourth-order valence-electron chi connectivity index (χ4n) is 4.74. The second-order valence-electron chi connectivity index (χ2n) is 8.67. The van der Waals surface area contributed by atoms with Gasteiger partial charge in [0.05, 0.1) is 0 Å². The van der Waals surface area contributed by atoms with Crippen molar-refractivity contribution in [1.82, 2.24) is 9.80 Å². The highest BCUT2D eigenvalue weighted by molar-refractivity contribution is 5.96. The highest BCUT2D eigenvalue weighted by atomic mass is 35.5. The molecule has 0 aromatic heterocycles. The molecular weight excluding hydrogens is 427 g/mol. The molecular formula is C26H36Cl2N2O. The van der Waals surface area contributed by atoms with Crippen LogP contribution in [0.25, 0.3) is 0 Å². The Morgan fingerprint density at radius 2 is 1.48 bits per heavy atom. The van der Waals surface area contributed by atoms with Crippen LogP contribution in [-0.4, -0.2) is 48.3 Å². The Bertz CT molecular complexity index is 806. The number of nitrogens with zero attached hydrogens (tertiary/aromatic N) is 2. The van der Waals surface area contributed by atoms with E-state index in [9.17, 15) is 4.79 Å². The molecule has 170 valence electrons. The third-order valence-electron chi connectivity index (χ3n) is 6.50. The third kappa shape index (κ3) is 7.61. The fraction of sp³-hybridized carbons (Fsp3) is 0.500. The predicted octanol–water partition coefficient (Wildman–Crippen LogP) is 5.58. The Kier molecular flexibility index (Phi) is 11.0. The van der Waals surface area contributed by atoms with Gasteiger partial charge >= 0.3 is 0 Å². The van der Waals surface area contributed by atoms with Gasteiger partial charge in [0, 0.05) is 31.6 Å². The van der Waals surface area contributed by atoms with E-state index in [4.69, 9.17) is 0 Å². The van der Waals surface area contributed by atoms with Crippen molar-refractivity contribution in [2.24, 2.45) is 0 Å². The number of fused-ring (bicyclic) bond motifs is 1. The lowest BCUT2D eigenvalue weighted by atomic mass is 9.97. The van der Waals surface area contributed by atoms with Gasteiger partial charge in [-0.3, -0.25) is 9.69 Å². The average molecular weight is 463 g/mol. The summed E-state index contributed by atoms with van der Waals surface area (Å²) >= 11 is 0. The Labute approximate surface area is 200 Å². The van der Waals surface area contributed by atoms with E-state index in [1.165, 1.54) is 49.0 Å². The zero-order valence-electron chi connectivity index (χ0n) is 18.4. The number of piperidine rings is 1. The SMILES string of the molecule is Cl.Cl.O=C(CCCN1CCCCC1)c1ccc2c(c1)CCN(Cc1ccccc1)CC2. The molecule has 0 saturated carbocycles. The molecule has 0 aliphatic carbocycles. The van der Waals surface area contributed by atoms with Crippen molar-refractivity contribution in [1.29, 1.82) is 0 Å². The van der Waals surface area contributed by atoms with Crippen LogP contribution in [0.15, 0.2) is 48.5 Å². The van der Waals surface area contributed by atoms with E-state index < -0.39 is 0 Å². The Morgan fingerprint density at radius 1 is 0.774 bits per heavy atom. The molecule has 1 saturated heterocycles. The Morgan fingerprint density at radius 3 is 2.23 bits per heavy atom. The van der Waals surface area contributed by atoms with Gasteiger partial charge < -0.3 is 4.90 Å². The van der Waals surface area contributed by atoms with Gasteiger partial charge in [-0.2, -0.15) is 0 Å². The summed E-state index contributed by atoms with van der Waals surface area (Å²) < 4.78 is 0. The summed E-state index contributed by atoms with van der Waals surface area (Å²) in [5, 5.41) is 0. The first-order valence-electron chi connectivity index (χ1n) is 11.4. The average Bonchev–Trinajstić information content (AvgIpc) is 2.97. The van der Waals surface area contributed by atoms with Crippen LogP contribution in [0.5, 0.6) is 0 Å². The maximum Gasteiger partial charge on any atom is 0.162 e. The minimum Gasteiger partial charge on any atom is -0.303 e. The lowest BCUT2D eigenvalue weighted by Crippen LogP contribution is -2.30. The minimum absolute atomic E-state index is 0. The molecule has 3 nitrogen and oxygen atoms in total. The van der Waals surface area contributed by atoms with E-state index in [2.05, 4.69) is 58.3 Å². The summed E-state index contributed by atoms with van der Waals surface area (Å²) in [6.45, 7) is 6.67. The van der Waals surface area contributed by atoms with Crippen molar-refractivity contribution in [2.75, 3.05) is 32.7 Å². The zero-order chi connectivity index (χ0) is 19.9. The van der Waals surface area contributed by atoms with Crippen LogP contribution in [0.1, 0.15) is 59.2 Å². The van der Waals surface area contributed by atoms with Crippen LogP contribution < -0.4 is 0 Å². The fourth-order valence-corrected chi connectivity index (χ4v) is 4.74. The van der Waals surface area contributed by atoms with E-state index in [0.29, 0.717) is 12.2 Å². The van der Waals surface area contributed by atoms with Crippen LogP contribution in [0.3, 0.4) is 0 Å². The Balaban J connectivity index is 0.00000171. The number of carbonyl (C=O) groups excluding carboxylic acids is 1. The molecule has 2 heterocycles. The van der Waals surface area contributed by atoms with Gasteiger partial charge in [0.1, 0.15) is 0 Å². The smallest absolute Gasteiger partial charge is 0.162 e. The van der Waals surface area contributed by atoms with E-state index in [-0.39, 0.29) is 24.8 Å². The number of carbonyl (C=O) groups is 1. The molecule has 0 spiro atoms. The van der Waals surface area contributed by atoms with Crippen molar-refractivity contribution in [2.45, 2.75) is 51.5 Å². The van der Waals surface area contributed by atoms with Gasteiger partial charge in [-0.15, -0.1) is 24.8 Å². The summed E-state index contributed by atoms with van der Waals surface area (Å²) in [5.74, 6) is 0.315. The van der Waals surface area contributed by atoms with Gasteiger partial charge in [0.25, 0.3) is 0 Å². The van der Waals surface area contributed by atoms with Crippen molar-refractivity contribution in [3.63, 3.8) is 0 Å². The predicted molar refractivity (Wildman–Crippen MR) is 134 cm³/mol. The maximum absolute atomic E-state index is 12.7. The zero-order valence-corrected chi connectivity index (χ0v) is 20.1. The molecule has 2 aromatic rings. The quantitative estimate of drug-likeness (QED) is 0.501. The topological polar surface area (TPSA) is 23.6 Å². The first-order valence-corrected chi connectivity index (χ1v) is 11.4. The third-order valence-corrected chi connectivity index (χ3v) is 6.50. The van der Waals surface area contributed by atoms with Crippen molar-refractivity contribution in [3.8, 4) is 0 Å². The molecule has 31 heavy (non-hydrogen) atoms. The molecule has 2 aliphatic heterocycles. The van der Waals surface area contributed by atoms with E-state index >= 15 is 0 Å². The highest BCUT2D eigenvalue weighted by Gasteiger charge is 2.17. The molecule has 0 radical (unpaired) electrons. The van der Waals surface area contributed by atoms with Crippen LogP contribution in [0.2, 0.25) is 0 Å². The number of Topliss-reactive ketones (excluding diaryl/α,β-unsaturated/α-hetero) is 1. The molecule has 2 aromatic carbocycles. The molecule has 0 amide bonds. The second kappa shape index (κ2) is 13.2. The number of halogens is 2. The summed E-state index contributed by atoms with van der Waals surface area (Å²) in [6.07, 6.45) is 7.78. The van der Waals surface area contributed by atoms with Gasteiger partial charge in [0.15, 0.2) is 5.78 Å². The normalized spacial score (nSPS) is 17.0. The molecule has 0 bridgehead atoms. The summed E-state index contributed by atoms with van der Waals surface area (Å²) in [5.41, 5.74) is 5.09. The van der Waals surface area contributed by atoms with Gasteiger partial charge in [-0.25, -0.2) is 0 Å². The van der Waals surface area contributed by atoms with E-state index in [1.807, 2.05) is 0 Å². The molecule has 0 unspecified atom stereocenters. The number of ketones is 1. The molecule has 0 atom stereocenters. The van der Waals surface area contributed by atoms with Crippen LogP contribution in [0.4, 0.5) is 0 Å². The summed E-state index contributed by atoms with van der Waals surface area (Å²) in [4.78, 5) is 17.8. The van der Waals surface area contributed by atoms with E-state index in [0.717, 1.165) is 51.0 Å². The van der Waals surface area contributed by atoms with E-state index in [1.54, 1.807) is 0 Å². The van der Waals surface area contributed by atoms with Crippen molar-refractivity contribution in [3.05, 3.63) is 70.8 Å². The van der Waals surface area contributed by atoms with Gasteiger partial charge in [0.2, 0.25) is 0 Å². The molecule has 4 rings (SSSR count). The molecule has 1 fully saturated rings. The van der Waals surface area contributed by atoms with Crippen LogP contribution in [0, 0.1) is 0 Å². The largest absolute Gasteiger partial charge is 0.303 e. The molecule has 0 N–H and O–H groups in total. The van der Waals surface area contributed by atoms with Crippen molar-refractivity contribution >= 4 is 30.6 Å². The first-order chi connectivity index (χ1) is 14.3. The lowest BCUT2D eigenvalue weighted by molar-refractivity contribution is 0.0973. The van der Waals surface area contributed by atoms with Gasteiger partial charge in [-0.1, -0.05) is 48.9 Å². The monoisotopic (exact) mass is 462 g/mol. The standard InChI is InChI=1S/C26H34N2O.2ClH/c29-26(10-7-17-27-15-5-2-6-16-27)25-12-11-23-13-18-28(19-14-24(23)20-25)21-22-8-3-1-4-9-22;;/h1,3-4,8-9,11-12,20H,2,5-7,10,13-19,21H2;2*1H. The molecule has 5 heteroatoms. The molecule has 2 aliphatic rings. The van der Waals surface area contributed by atoms with Gasteiger partial charge in [-0.05, 0) is 74.5 Å². The number of hydrogen-bond donors (Lipinski definition) is 0. The Hall–Kier alpha value is -1.39. The number of likely N-dealkylation sites (tertiary alicyclic amines) is 1. The number of hydrogen-bond acceptors (Lipinski definition) is 3. The van der Waals surface area contributed by atoms with Crippen LogP contribution in [-0.2, 0) is 19.4 Å². The maximum atomic E-state index is 12.7. The van der Waals surface area contributed by atoms with Crippen molar-refractivity contribution < 1.29 is 4.79 Å². The van der Waals surface area contributed by atoms with Crippen LogP contribution >= 0.6 is 24.8 Å².